The number of amides is 2. The highest BCUT2D eigenvalue weighted by Crippen LogP contribution is 2.46. The van der Waals surface area contributed by atoms with Crippen molar-refractivity contribution in [2.75, 3.05) is 39.2 Å². The highest BCUT2D eigenvalue weighted by Gasteiger charge is 2.42. The highest BCUT2D eigenvalue weighted by atomic mass is 35.5. The smallest absolute Gasteiger partial charge is 0.408 e. The van der Waals surface area contributed by atoms with Crippen LogP contribution in [0.3, 0.4) is 0 Å². The SMILES string of the molecule is COc1cc(OC)c(Cl)c(-c2ccc3nc(N[C@H]4C[C@@H](C(=O)N5CCCC5)N(C(=O)O)C4)ncc3c2)c1Cl. The van der Waals surface area contributed by atoms with Crippen molar-refractivity contribution in [3.8, 4) is 22.6 Å². The zero-order valence-electron chi connectivity index (χ0n) is 20.9. The summed E-state index contributed by atoms with van der Waals surface area (Å²) in [5.41, 5.74) is 1.98. The number of rotatable bonds is 6. The minimum absolute atomic E-state index is 0.132. The number of hydrogen-bond donors (Lipinski definition) is 2. The van der Waals surface area contributed by atoms with Gasteiger partial charge in [-0.15, -0.1) is 0 Å². The Morgan fingerprint density at radius 3 is 2.39 bits per heavy atom. The fourth-order valence-electron chi connectivity index (χ4n) is 5.11. The van der Waals surface area contributed by atoms with E-state index in [2.05, 4.69) is 15.3 Å². The van der Waals surface area contributed by atoms with Gasteiger partial charge in [-0.1, -0.05) is 29.3 Å². The second-order valence-corrected chi connectivity index (χ2v) is 10.1. The molecule has 0 bridgehead atoms. The van der Waals surface area contributed by atoms with Crippen LogP contribution in [0.4, 0.5) is 10.7 Å². The maximum Gasteiger partial charge on any atom is 0.408 e. The Morgan fingerprint density at radius 1 is 1.08 bits per heavy atom. The molecule has 2 saturated heterocycles. The second kappa shape index (κ2) is 10.7. The Morgan fingerprint density at radius 2 is 1.76 bits per heavy atom. The van der Waals surface area contributed by atoms with Crippen LogP contribution in [0.15, 0.2) is 30.5 Å². The summed E-state index contributed by atoms with van der Waals surface area (Å²) in [6, 6.07) is 6.18. The number of carbonyl (C=O) groups excluding carboxylic acids is 1. The lowest BCUT2D eigenvalue weighted by Gasteiger charge is -2.25. The number of carboxylic acid groups (broad SMARTS) is 1. The van der Waals surface area contributed by atoms with E-state index in [1.807, 2.05) is 18.2 Å². The van der Waals surface area contributed by atoms with Crippen molar-refractivity contribution in [1.29, 1.82) is 0 Å². The minimum Gasteiger partial charge on any atom is -0.495 e. The van der Waals surface area contributed by atoms with E-state index in [1.54, 1.807) is 17.2 Å². The van der Waals surface area contributed by atoms with Crippen molar-refractivity contribution >= 4 is 52.1 Å². The van der Waals surface area contributed by atoms with Crippen LogP contribution < -0.4 is 14.8 Å². The van der Waals surface area contributed by atoms with Crippen LogP contribution in [0.1, 0.15) is 19.3 Å². The summed E-state index contributed by atoms with van der Waals surface area (Å²) in [6.07, 6.45) is 2.82. The molecule has 0 spiro atoms. The predicted molar refractivity (Wildman–Crippen MR) is 144 cm³/mol. The van der Waals surface area contributed by atoms with Crippen molar-refractivity contribution < 1.29 is 24.2 Å². The molecule has 0 aliphatic carbocycles. The van der Waals surface area contributed by atoms with E-state index in [1.165, 1.54) is 19.1 Å². The average molecular weight is 560 g/mol. The Hall–Kier alpha value is -3.50. The van der Waals surface area contributed by atoms with E-state index < -0.39 is 12.1 Å². The lowest BCUT2D eigenvalue weighted by molar-refractivity contribution is -0.134. The van der Waals surface area contributed by atoms with Gasteiger partial charge in [0, 0.05) is 48.9 Å². The fraction of sp³-hybridized carbons (Fsp3) is 0.385. The van der Waals surface area contributed by atoms with Gasteiger partial charge in [0.1, 0.15) is 17.5 Å². The summed E-state index contributed by atoms with van der Waals surface area (Å²) in [5.74, 6) is 1.10. The van der Waals surface area contributed by atoms with E-state index in [0.717, 1.165) is 23.8 Å². The van der Waals surface area contributed by atoms with Crippen LogP contribution in [0.5, 0.6) is 11.5 Å². The molecule has 2 aromatic carbocycles. The molecule has 0 unspecified atom stereocenters. The monoisotopic (exact) mass is 559 g/mol. The molecule has 12 heteroatoms. The van der Waals surface area contributed by atoms with Crippen molar-refractivity contribution in [3.05, 3.63) is 40.5 Å². The Kier molecular flexibility index (Phi) is 7.36. The number of methoxy groups -OCH3 is 2. The summed E-state index contributed by atoms with van der Waals surface area (Å²) >= 11 is 13.2. The lowest BCUT2D eigenvalue weighted by atomic mass is 10.0. The molecule has 2 N–H and O–H groups in total. The van der Waals surface area contributed by atoms with E-state index in [9.17, 15) is 14.7 Å². The predicted octanol–water partition coefficient (Wildman–Crippen LogP) is 4.78. The first kappa shape index (κ1) is 26.1. The summed E-state index contributed by atoms with van der Waals surface area (Å²) in [7, 11) is 3.04. The molecule has 38 heavy (non-hydrogen) atoms. The molecular weight excluding hydrogens is 533 g/mol. The third kappa shape index (κ3) is 4.86. The van der Waals surface area contributed by atoms with Gasteiger partial charge in [0.2, 0.25) is 11.9 Å². The van der Waals surface area contributed by atoms with Crippen LogP contribution >= 0.6 is 23.2 Å². The van der Waals surface area contributed by atoms with Gasteiger partial charge in [-0.3, -0.25) is 9.69 Å². The molecule has 2 amide bonds. The first-order chi connectivity index (χ1) is 18.3. The van der Waals surface area contributed by atoms with Crippen molar-refractivity contribution in [3.63, 3.8) is 0 Å². The highest BCUT2D eigenvalue weighted by molar-refractivity contribution is 6.41. The summed E-state index contributed by atoms with van der Waals surface area (Å²) < 4.78 is 10.8. The number of likely N-dealkylation sites (tertiary alicyclic amines) is 2. The Balaban J connectivity index is 1.38. The zero-order chi connectivity index (χ0) is 27.0. The fourth-order valence-corrected chi connectivity index (χ4v) is 5.83. The summed E-state index contributed by atoms with van der Waals surface area (Å²) in [5, 5.41) is 14.4. The van der Waals surface area contributed by atoms with E-state index in [0.29, 0.717) is 58.1 Å². The van der Waals surface area contributed by atoms with Crippen LogP contribution in [-0.2, 0) is 4.79 Å². The Labute approximate surface area is 229 Å². The maximum atomic E-state index is 12.9. The van der Waals surface area contributed by atoms with Gasteiger partial charge in [0.25, 0.3) is 0 Å². The number of nitrogens with one attached hydrogen (secondary N) is 1. The number of fused-ring (bicyclic) bond motifs is 1. The van der Waals surface area contributed by atoms with E-state index in [-0.39, 0.29) is 18.5 Å². The molecule has 10 nitrogen and oxygen atoms in total. The average Bonchev–Trinajstić information content (AvgIpc) is 3.59. The number of nitrogens with zero attached hydrogens (tertiary/aromatic N) is 4. The number of anilines is 1. The normalized spacial score (nSPS) is 19.2. The molecule has 3 aromatic rings. The molecular formula is C26H27Cl2N5O5. The van der Waals surface area contributed by atoms with Crippen LogP contribution in [-0.4, -0.2) is 82.8 Å². The molecule has 2 aliphatic rings. The molecule has 2 aliphatic heterocycles. The number of carbonyl (C=O) groups is 2. The number of aromatic nitrogens is 2. The zero-order valence-corrected chi connectivity index (χ0v) is 22.4. The van der Waals surface area contributed by atoms with Gasteiger partial charge in [0.15, 0.2) is 0 Å². The number of benzene rings is 2. The first-order valence-electron chi connectivity index (χ1n) is 12.2. The quantitative estimate of drug-likeness (QED) is 0.443. The lowest BCUT2D eigenvalue weighted by Crippen LogP contribution is -2.46. The van der Waals surface area contributed by atoms with Crippen LogP contribution in [0.25, 0.3) is 22.0 Å². The molecule has 2 atom stereocenters. The van der Waals surface area contributed by atoms with Gasteiger partial charge in [-0.2, -0.15) is 0 Å². The molecule has 5 rings (SSSR count). The third-order valence-electron chi connectivity index (χ3n) is 7.02. The largest absolute Gasteiger partial charge is 0.495 e. The van der Waals surface area contributed by atoms with Crippen LogP contribution in [0.2, 0.25) is 10.0 Å². The Bertz CT molecular complexity index is 1370. The molecule has 3 heterocycles. The summed E-state index contributed by atoms with van der Waals surface area (Å²) in [6.45, 7) is 1.53. The summed E-state index contributed by atoms with van der Waals surface area (Å²) in [4.78, 5) is 36.8. The van der Waals surface area contributed by atoms with E-state index >= 15 is 0 Å². The van der Waals surface area contributed by atoms with Crippen molar-refractivity contribution in [2.24, 2.45) is 0 Å². The standard InChI is InChI=1S/C26H27Cl2N5O5/c1-37-19-11-20(38-2)23(28)21(22(19)27)14-5-6-17-15(9-14)12-29-25(31-17)30-16-10-18(33(13-16)26(35)36)24(34)32-7-3-4-8-32/h5-6,9,11-12,16,18H,3-4,7-8,10,13H2,1-2H3,(H,35,36)(H,29,30,31)/t16-,18-/m0/s1. The maximum absolute atomic E-state index is 12.9. The van der Waals surface area contributed by atoms with Gasteiger partial charge in [-0.05, 0) is 37.0 Å². The number of ether oxygens (including phenoxy) is 2. The molecule has 2 fully saturated rings. The van der Waals surface area contributed by atoms with Gasteiger partial charge in [-0.25, -0.2) is 14.8 Å². The molecule has 200 valence electrons. The van der Waals surface area contributed by atoms with Crippen LogP contribution in [0, 0.1) is 0 Å². The number of halogens is 2. The number of hydrogen-bond acceptors (Lipinski definition) is 7. The van der Waals surface area contributed by atoms with Crippen molar-refractivity contribution in [2.45, 2.75) is 31.3 Å². The second-order valence-electron chi connectivity index (χ2n) is 9.31. The topological polar surface area (TPSA) is 117 Å². The van der Waals surface area contributed by atoms with Gasteiger partial charge < -0.3 is 24.8 Å². The van der Waals surface area contributed by atoms with Gasteiger partial charge in [0.05, 0.1) is 29.8 Å². The van der Waals surface area contributed by atoms with Gasteiger partial charge >= 0.3 is 6.09 Å². The molecule has 0 saturated carbocycles. The first-order valence-corrected chi connectivity index (χ1v) is 13.0. The molecule has 1 aromatic heterocycles. The third-order valence-corrected chi connectivity index (χ3v) is 7.78. The molecule has 0 radical (unpaired) electrons. The minimum atomic E-state index is -1.11. The van der Waals surface area contributed by atoms with E-state index in [4.69, 9.17) is 32.7 Å². The van der Waals surface area contributed by atoms with Crippen molar-refractivity contribution in [1.82, 2.24) is 19.8 Å².